The van der Waals surface area contributed by atoms with Crippen molar-refractivity contribution in [2.45, 2.75) is 37.1 Å². The molecule has 1 aromatic carbocycles. The molecule has 0 radical (unpaired) electrons. The van der Waals surface area contributed by atoms with Crippen LogP contribution in [0.25, 0.3) is 0 Å². The fourth-order valence-corrected chi connectivity index (χ4v) is 2.30. The lowest BCUT2D eigenvalue weighted by Crippen LogP contribution is -2.61. The minimum absolute atomic E-state index is 0.187. The third-order valence-electron chi connectivity index (χ3n) is 3.41. The minimum Gasteiger partial charge on any atom is -0.324 e. The second-order valence-electron chi connectivity index (χ2n) is 4.72. The first-order valence-electron chi connectivity index (χ1n) is 5.25. The fraction of sp³-hybridized carbons (Fsp3) is 0.500. The third kappa shape index (κ3) is 1.94. The number of alkyl halides is 2. The van der Waals surface area contributed by atoms with Crippen LogP contribution in [-0.4, -0.2) is 11.5 Å². The van der Waals surface area contributed by atoms with Crippen LogP contribution in [0.4, 0.5) is 13.2 Å². The average Bonchev–Trinajstić information content (AvgIpc) is 2.14. The predicted molar refractivity (Wildman–Crippen MR) is 55.9 cm³/mol. The zero-order valence-corrected chi connectivity index (χ0v) is 9.01. The van der Waals surface area contributed by atoms with Crippen molar-refractivity contribution >= 4 is 0 Å². The molecular weight excluding hydrogens is 215 g/mol. The molecule has 0 aliphatic heterocycles. The Hall–Kier alpha value is -1.03. The monoisotopic (exact) mass is 229 g/mol. The SMILES string of the molecule is CC(c1ccc(F)cc1)C1(N)CC(F)(F)C1. The molecule has 1 aliphatic carbocycles. The summed E-state index contributed by atoms with van der Waals surface area (Å²) in [6.45, 7) is 1.81. The van der Waals surface area contributed by atoms with Gasteiger partial charge in [-0.3, -0.25) is 0 Å². The molecule has 0 aromatic heterocycles. The summed E-state index contributed by atoms with van der Waals surface area (Å²) in [4.78, 5) is 0. The van der Waals surface area contributed by atoms with Gasteiger partial charge in [-0.25, -0.2) is 13.2 Å². The van der Waals surface area contributed by atoms with Gasteiger partial charge >= 0.3 is 0 Å². The average molecular weight is 229 g/mol. The summed E-state index contributed by atoms with van der Waals surface area (Å²) in [5, 5.41) is 0. The van der Waals surface area contributed by atoms with Gasteiger partial charge in [-0.15, -0.1) is 0 Å². The number of rotatable bonds is 2. The molecule has 1 fully saturated rings. The Morgan fingerprint density at radius 3 is 2.12 bits per heavy atom. The van der Waals surface area contributed by atoms with E-state index in [4.69, 9.17) is 5.73 Å². The van der Waals surface area contributed by atoms with E-state index in [1.54, 1.807) is 12.1 Å². The van der Waals surface area contributed by atoms with Gasteiger partial charge < -0.3 is 5.73 Å². The summed E-state index contributed by atoms with van der Waals surface area (Å²) in [5.74, 6) is -3.16. The lowest BCUT2D eigenvalue weighted by molar-refractivity contribution is -0.128. The van der Waals surface area contributed by atoms with E-state index in [9.17, 15) is 13.2 Å². The Balaban J connectivity index is 2.14. The number of hydrogen-bond acceptors (Lipinski definition) is 1. The maximum atomic E-state index is 12.8. The van der Waals surface area contributed by atoms with Crippen molar-refractivity contribution in [3.63, 3.8) is 0 Å². The van der Waals surface area contributed by atoms with E-state index < -0.39 is 11.5 Å². The Bertz CT molecular complexity index is 378. The van der Waals surface area contributed by atoms with Crippen molar-refractivity contribution in [2.75, 3.05) is 0 Å². The van der Waals surface area contributed by atoms with E-state index in [0.717, 1.165) is 5.56 Å². The van der Waals surface area contributed by atoms with Crippen molar-refractivity contribution in [3.05, 3.63) is 35.6 Å². The Morgan fingerprint density at radius 1 is 1.19 bits per heavy atom. The summed E-state index contributed by atoms with van der Waals surface area (Å²) in [5.41, 5.74) is 5.86. The summed E-state index contributed by atoms with van der Waals surface area (Å²) >= 11 is 0. The van der Waals surface area contributed by atoms with Gasteiger partial charge in [-0.2, -0.15) is 0 Å². The van der Waals surface area contributed by atoms with Crippen LogP contribution in [0.15, 0.2) is 24.3 Å². The van der Waals surface area contributed by atoms with Crippen molar-refractivity contribution in [3.8, 4) is 0 Å². The van der Waals surface area contributed by atoms with Gasteiger partial charge in [0.2, 0.25) is 0 Å². The van der Waals surface area contributed by atoms with Crippen molar-refractivity contribution in [1.82, 2.24) is 0 Å². The highest BCUT2D eigenvalue weighted by Gasteiger charge is 2.56. The minimum atomic E-state index is -2.64. The lowest BCUT2D eigenvalue weighted by Gasteiger charge is -2.48. The van der Waals surface area contributed by atoms with E-state index in [1.165, 1.54) is 12.1 Å². The van der Waals surface area contributed by atoms with Gasteiger partial charge in [0.1, 0.15) is 5.82 Å². The first kappa shape index (κ1) is 11.5. The third-order valence-corrected chi connectivity index (χ3v) is 3.41. The zero-order valence-electron chi connectivity index (χ0n) is 9.01. The Morgan fingerprint density at radius 2 is 1.69 bits per heavy atom. The molecule has 0 spiro atoms. The molecule has 1 saturated carbocycles. The van der Waals surface area contributed by atoms with Crippen LogP contribution >= 0.6 is 0 Å². The van der Waals surface area contributed by atoms with Gasteiger partial charge in [0.25, 0.3) is 5.92 Å². The van der Waals surface area contributed by atoms with Crippen LogP contribution in [-0.2, 0) is 0 Å². The maximum absolute atomic E-state index is 12.8. The van der Waals surface area contributed by atoms with Gasteiger partial charge in [0.05, 0.1) is 0 Å². The molecule has 88 valence electrons. The normalized spacial score (nSPS) is 23.6. The second kappa shape index (κ2) is 3.48. The second-order valence-corrected chi connectivity index (χ2v) is 4.72. The predicted octanol–water partition coefficient (Wildman–Crippen LogP) is 3.06. The molecule has 1 atom stereocenters. The maximum Gasteiger partial charge on any atom is 0.251 e. The highest BCUT2D eigenvalue weighted by Crippen LogP contribution is 2.50. The van der Waals surface area contributed by atoms with E-state index >= 15 is 0 Å². The van der Waals surface area contributed by atoms with Crippen LogP contribution < -0.4 is 5.73 Å². The van der Waals surface area contributed by atoms with Gasteiger partial charge in [0, 0.05) is 18.4 Å². The molecule has 0 saturated heterocycles. The number of benzene rings is 1. The molecule has 0 heterocycles. The van der Waals surface area contributed by atoms with Crippen LogP contribution in [0, 0.1) is 5.82 Å². The highest BCUT2D eigenvalue weighted by atomic mass is 19.3. The van der Waals surface area contributed by atoms with Crippen LogP contribution in [0.3, 0.4) is 0 Å². The van der Waals surface area contributed by atoms with E-state index in [2.05, 4.69) is 0 Å². The van der Waals surface area contributed by atoms with E-state index in [0.29, 0.717) is 0 Å². The number of nitrogens with two attached hydrogens (primary N) is 1. The molecule has 2 N–H and O–H groups in total. The first-order chi connectivity index (χ1) is 7.32. The van der Waals surface area contributed by atoms with Crippen LogP contribution in [0.2, 0.25) is 0 Å². The lowest BCUT2D eigenvalue weighted by atomic mass is 9.65. The molecule has 4 heteroatoms. The molecule has 1 aliphatic rings. The Kier molecular flexibility index (Phi) is 2.49. The standard InChI is InChI=1S/C12H14F3N/c1-8(9-2-4-10(13)5-3-9)11(16)6-12(14,15)7-11/h2-5,8H,6-7,16H2,1H3. The number of hydrogen-bond donors (Lipinski definition) is 1. The molecule has 1 nitrogen and oxygen atoms in total. The molecule has 2 rings (SSSR count). The van der Waals surface area contributed by atoms with E-state index in [1.807, 2.05) is 6.92 Å². The molecule has 1 unspecified atom stereocenters. The zero-order chi connectivity index (χ0) is 12.0. The Labute approximate surface area is 92.5 Å². The van der Waals surface area contributed by atoms with Gasteiger partial charge in [-0.1, -0.05) is 19.1 Å². The number of halogens is 3. The smallest absolute Gasteiger partial charge is 0.251 e. The summed E-state index contributed by atoms with van der Waals surface area (Å²) in [6.07, 6.45) is -0.586. The van der Waals surface area contributed by atoms with Gasteiger partial charge in [0.15, 0.2) is 0 Å². The quantitative estimate of drug-likeness (QED) is 0.828. The van der Waals surface area contributed by atoms with Gasteiger partial charge in [-0.05, 0) is 23.6 Å². The van der Waals surface area contributed by atoms with Crippen LogP contribution in [0.5, 0.6) is 0 Å². The molecular formula is C12H14F3N. The molecule has 1 aromatic rings. The largest absolute Gasteiger partial charge is 0.324 e. The molecule has 0 bridgehead atoms. The van der Waals surface area contributed by atoms with Crippen molar-refractivity contribution < 1.29 is 13.2 Å². The summed E-state index contributed by atoms with van der Waals surface area (Å²) < 4.78 is 38.4. The van der Waals surface area contributed by atoms with Crippen molar-refractivity contribution in [2.24, 2.45) is 5.73 Å². The molecule has 0 amide bonds. The molecule has 16 heavy (non-hydrogen) atoms. The first-order valence-corrected chi connectivity index (χ1v) is 5.25. The summed E-state index contributed by atoms with van der Waals surface area (Å²) in [7, 11) is 0. The van der Waals surface area contributed by atoms with E-state index in [-0.39, 0.29) is 24.6 Å². The summed E-state index contributed by atoms with van der Waals surface area (Å²) in [6, 6.07) is 5.86. The highest BCUT2D eigenvalue weighted by molar-refractivity contribution is 5.26. The fourth-order valence-electron chi connectivity index (χ4n) is 2.30. The van der Waals surface area contributed by atoms with Crippen LogP contribution in [0.1, 0.15) is 31.2 Å². The topological polar surface area (TPSA) is 26.0 Å². The van der Waals surface area contributed by atoms with Crippen molar-refractivity contribution in [1.29, 1.82) is 0 Å².